The Labute approximate surface area is 158 Å². The van der Waals surface area contributed by atoms with Gasteiger partial charge in [0.05, 0.1) is 16.4 Å². The molecular formula is C19H26FN5S. The van der Waals surface area contributed by atoms with Crippen molar-refractivity contribution in [1.82, 2.24) is 15.2 Å². The van der Waals surface area contributed by atoms with E-state index < -0.39 is 0 Å². The smallest absolute Gasteiger partial charge is 0.193 e. The number of piperazine rings is 1. The summed E-state index contributed by atoms with van der Waals surface area (Å²) in [5.41, 5.74) is 1.82. The van der Waals surface area contributed by atoms with Crippen molar-refractivity contribution < 1.29 is 4.39 Å². The van der Waals surface area contributed by atoms with Crippen LogP contribution in [0.4, 0.5) is 10.1 Å². The minimum absolute atomic E-state index is 0.154. The molecule has 0 bridgehead atoms. The van der Waals surface area contributed by atoms with Crippen LogP contribution in [0.5, 0.6) is 0 Å². The van der Waals surface area contributed by atoms with Gasteiger partial charge in [-0.25, -0.2) is 9.37 Å². The highest BCUT2D eigenvalue weighted by atomic mass is 32.1. The first-order valence-electron chi connectivity index (χ1n) is 9.09. The van der Waals surface area contributed by atoms with Gasteiger partial charge in [0.1, 0.15) is 5.82 Å². The Bertz CT molecular complexity index is 737. The first-order chi connectivity index (χ1) is 12.7. The second-order valence-corrected chi connectivity index (χ2v) is 7.18. The molecule has 1 aromatic carbocycles. The molecule has 140 valence electrons. The molecule has 0 amide bonds. The van der Waals surface area contributed by atoms with Crippen molar-refractivity contribution in [1.29, 1.82) is 0 Å². The van der Waals surface area contributed by atoms with Crippen LogP contribution < -0.4 is 10.2 Å². The molecule has 1 aliphatic rings. The third kappa shape index (κ3) is 4.52. The molecule has 0 radical (unpaired) electrons. The lowest BCUT2D eigenvalue weighted by Gasteiger charge is -2.37. The molecule has 26 heavy (non-hydrogen) atoms. The van der Waals surface area contributed by atoms with E-state index in [2.05, 4.69) is 37.4 Å². The van der Waals surface area contributed by atoms with E-state index in [1.165, 1.54) is 11.1 Å². The van der Waals surface area contributed by atoms with Gasteiger partial charge in [-0.3, -0.25) is 4.99 Å². The Morgan fingerprint density at radius 1 is 1.27 bits per heavy atom. The zero-order valence-corrected chi connectivity index (χ0v) is 16.2. The number of thiazole rings is 1. The summed E-state index contributed by atoms with van der Waals surface area (Å²) in [7, 11) is 1.81. The average molecular weight is 376 g/mol. The van der Waals surface area contributed by atoms with Crippen LogP contribution in [0.15, 0.2) is 34.6 Å². The lowest BCUT2D eigenvalue weighted by atomic mass is 10.2. The predicted octanol–water partition coefficient (Wildman–Crippen LogP) is 2.78. The van der Waals surface area contributed by atoms with Gasteiger partial charge in [-0.1, -0.05) is 19.1 Å². The summed E-state index contributed by atoms with van der Waals surface area (Å²) in [6.07, 6.45) is 1.89. The van der Waals surface area contributed by atoms with Gasteiger partial charge in [0.2, 0.25) is 0 Å². The number of guanidine groups is 1. The number of aromatic nitrogens is 1. The van der Waals surface area contributed by atoms with Crippen molar-refractivity contribution in [2.45, 2.75) is 19.8 Å². The number of hydrogen-bond acceptors (Lipinski definition) is 4. The van der Waals surface area contributed by atoms with Crippen LogP contribution >= 0.6 is 11.3 Å². The highest BCUT2D eigenvalue weighted by molar-refractivity contribution is 7.09. The van der Waals surface area contributed by atoms with Crippen molar-refractivity contribution in [3.8, 4) is 0 Å². The van der Waals surface area contributed by atoms with Crippen LogP contribution in [0.1, 0.15) is 17.6 Å². The van der Waals surface area contributed by atoms with Crippen molar-refractivity contribution in [2.24, 2.45) is 4.99 Å². The van der Waals surface area contributed by atoms with Crippen LogP contribution in [0, 0.1) is 5.82 Å². The van der Waals surface area contributed by atoms with Gasteiger partial charge < -0.3 is 15.1 Å². The highest BCUT2D eigenvalue weighted by Gasteiger charge is 2.21. The lowest BCUT2D eigenvalue weighted by molar-refractivity contribution is 0.371. The molecular weight excluding hydrogens is 349 g/mol. The number of anilines is 1. The monoisotopic (exact) mass is 375 g/mol. The lowest BCUT2D eigenvalue weighted by Crippen LogP contribution is -2.53. The van der Waals surface area contributed by atoms with Crippen molar-refractivity contribution >= 4 is 23.0 Å². The number of aryl methyl sites for hydroxylation is 1. The second-order valence-electron chi connectivity index (χ2n) is 6.24. The fraction of sp³-hybridized carbons (Fsp3) is 0.474. The summed E-state index contributed by atoms with van der Waals surface area (Å²) in [6, 6.07) is 6.97. The maximum absolute atomic E-state index is 14.0. The number of benzene rings is 1. The van der Waals surface area contributed by atoms with E-state index in [9.17, 15) is 4.39 Å². The van der Waals surface area contributed by atoms with Crippen molar-refractivity contribution in [2.75, 3.05) is 44.7 Å². The Kier molecular flexibility index (Phi) is 6.44. The number of aliphatic imine (C=N–C) groups is 1. The molecule has 2 aromatic rings. The van der Waals surface area contributed by atoms with Crippen LogP contribution in [0.2, 0.25) is 0 Å². The van der Waals surface area contributed by atoms with E-state index in [1.54, 1.807) is 17.4 Å². The van der Waals surface area contributed by atoms with Crippen LogP contribution in [-0.4, -0.2) is 55.6 Å². The predicted molar refractivity (Wildman–Crippen MR) is 107 cm³/mol. The van der Waals surface area contributed by atoms with Gasteiger partial charge in [-0.15, -0.1) is 11.3 Å². The van der Waals surface area contributed by atoms with Crippen LogP contribution in [0.25, 0.3) is 0 Å². The third-order valence-corrected chi connectivity index (χ3v) is 5.59. The van der Waals surface area contributed by atoms with Gasteiger partial charge in [-0.05, 0) is 18.6 Å². The largest absolute Gasteiger partial charge is 0.366 e. The number of rotatable bonds is 5. The van der Waals surface area contributed by atoms with E-state index in [0.717, 1.165) is 57.2 Å². The molecule has 0 aliphatic carbocycles. The molecule has 5 nitrogen and oxygen atoms in total. The Balaban J connectivity index is 1.48. The Morgan fingerprint density at radius 2 is 2.04 bits per heavy atom. The fourth-order valence-corrected chi connectivity index (χ4v) is 3.91. The minimum Gasteiger partial charge on any atom is -0.366 e. The first kappa shape index (κ1) is 18.6. The van der Waals surface area contributed by atoms with Crippen LogP contribution in [-0.2, 0) is 12.8 Å². The number of para-hydroxylation sites is 1. The highest BCUT2D eigenvalue weighted by Crippen LogP contribution is 2.20. The van der Waals surface area contributed by atoms with E-state index in [4.69, 9.17) is 0 Å². The molecule has 1 fully saturated rings. The van der Waals surface area contributed by atoms with Gasteiger partial charge in [0.15, 0.2) is 5.96 Å². The molecule has 3 rings (SSSR count). The maximum atomic E-state index is 14.0. The molecule has 1 saturated heterocycles. The molecule has 0 spiro atoms. The molecule has 1 aromatic heterocycles. The Hall–Kier alpha value is -2.15. The summed E-state index contributed by atoms with van der Waals surface area (Å²) in [4.78, 5) is 13.3. The molecule has 2 heterocycles. The quantitative estimate of drug-likeness (QED) is 0.645. The topological polar surface area (TPSA) is 43.8 Å². The summed E-state index contributed by atoms with van der Waals surface area (Å²) >= 11 is 1.73. The summed E-state index contributed by atoms with van der Waals surface area (Å²) in [5, 5.41) is 6.75. The Morgan fingerprint density at radius 3 is 2.69 bits per heavy atom. The maximum Gasteiger partial charge on any atom is 0.193 e. The average Bonchev–Trinajstić information content (AvgIpc) is 3.14. The van der Waals surface area contributed by atoms with Crippen molar-refractivity contribution in [3.05, 3.63) is 46.2 Å². The zero-order chi connectivity index (χ0) is 18.4. The molecule has 0 saturated carbocycles. The summed E-state index contributed by atoms with van der Waals surface area (Å²) in [6.45, 7) is 6.16. The van der Waals surface area contributed by atoms with Gasteiger partial charge in [0, 0.05) is 51.6 Å². The molecule has 0 unspecified atom stereocenters. The number of nitrogens with zero attached hydrogens (tertiary/aromatic N) is 4. The SMILES string of the molecule is CCc1nc(CCNC(=NC)N2CCN(c3ccccc3F)CC2)cs1. The molecule has 0 atom stereocenters. The minimum atomic E-state index is -0.154. The van der Waals surface area contributed by atoms with E-state index in [1.807, 2.05) is 19.2 Å². The van der Waals surface area contributed by atoms with Crippen molar-refractivity contribution in [3.63, 3.8) is 0 Å². The number of nitrogens with one attached hydrogen (secondary N) is 1. The third-order valence-electron chi connectivity index (χ3n) is 4.55. The fourth-order valence-electron chi connectivity index (χ4n) is 3.13. The molecule has 1 N–H and O–H groups in total. The van der Waals surface area contributed by atoms with E-state index in [-0.39, 0.29) is 5.82 Å². The zero-order valence-electron chi connectivity index (χ0n) is 15.4. The molecule has 7 heteroatoms. The standard InChI is InChI=1S/C19H26FN5S/c1-3-18-23-15(14-26-18)8-9-22-19(21-2)25-12-10-24(11-13-25)17-7-5-4-6-16(17)20/h4-7,14H,3,8-13H2,1-2H3,(H,21,22). The van der Waals surface area contributed by atoms with Gasteiger partial charge in [0.25, 0.3) is 0 Å². The number of halogens is 1. The number of hydrogen-bond donors (Lipinski definition) is 1. The molecule has 1 aliphatic heterocycles. The van der Waals surface area contributed by atoms with Crippen LogP contribution in [0.3, 0.4) is 0 Å². The van der Waals surface area contributed by atoms with E-state index >= 15 is 0 Å². The summed E-state index contributed by atoms with van der Waals surface area (Å²) < 4.78 is 14.0. The normalized spacial score (nSPS) is 15.4. The summed E-state index contributed by atoms with van der Waals surface area (Å²) in [5.74, 6) is 0.752. The first-order valence-corrected chi connectivity index (χ1v) is 9.97. The van der Waals surface area contributed by atoms with E-state index in [0.29, 0.717) is 5.69 Å². The van der Waals surface area contributed by atoms with Gasteiger partial charge in [-0.2, -0.15) is 0 Å². The second kappa shape index (κ2) is 8.98. The van der Waals surface area contributed by atoms with Gasteiger partial charge >= 0.3 is 0 Å².